The van der Waals surface area contributed by atoms with Crippen LogP contribution >= 0.6 is 0 Å². The molecule has 0 spiro atoms. The third-order valence-corrected chi connectivity index (χ3v) is 3.96. The second-order valence-electron chi connectivity index (χ2n) is 5.47. The molecule has 22 heavy (non-hydrogen) atoms. The molecule has 0 radical (unpaired) electrons. The van der Waals surface area contributed by atoms with E-state index in [4.69, 9.17) is 4.74 Å². The van der Waals surface area contributed by atoms with E-state index in [1.807, 2.05) is 60.7 Å². The fourth-order valence-corrected chi connectivity index (χ4v) is 2.82. The summed E-state index contributed by atoms with van der Waals surface area (Å²) in [4.78, 5) is 12.4. The summed E-state index contributed by atoms with van der Waals surface area (Å²) in [5.41, 5.74) is 1.88. The summed E-state index contributed by atoms with van der Waals surface area (Å²) in [6.07, 6.45) is 0.166. The number of amides is 1. The number of hydrogen-bond donors (Lipinski definition) is 1. The first-order valence-electron chi connectivity index (χ1n) is 7.34. The largest absolute Gasteiger partial charge is 0.480 e. The lowest BCUT2D eigenvalue weighted by Crippen LogP contribution is -2.31. The molecule has 0 bridgehead atoms. The molecule has 3 aromatic carbocycles. The minimum atomic E-state index is -0.455. The van der Waals surface area contributed by atoms with Gasteiger partial charge in [-0.05, 0) is 34.5 Å². The summed E-state index contributed by atoms with van der Waals surface area (Å²) < 4.78 is 5.72. The molecule has 3 aromatic rings. The fraction of sp³-hybridized carbons (Fsp3) is 0.105. The standard InChI is InChI=1S/C19H15NO2/c21-19(18-12-15-7-3-4-8-17(15)22-18)20-16-10-9-13-5-1-2-6-14(13)11-16/h1-11,18H,12H2,(H,20,21)/t18-/m1/s1. The van der Waals surface area contributed by atoms with Gasteiger partial charge in [0.05, 0.1) is 0 Å². The molecule has 3 heteroatoms. The van der Waals surface area contributed by atoms with Crippen LogP contribution in [-0.2, 0) is 11.2 Å². The molecule has 0 unspecified atom stereocenters. The Hall–Kier alpha value is -2.81. The number of anilines is 1. The highest BCUT2D eigenvalue weighted by atomic mass is 16.5. The van der Waals surface area contributed by atoms with Crippen molar-refractivity contribution in [1.29, 1.82) is 0 Å². The molecule has 0 aromatic heterocycles. The number of carbonyl (C=O) groups is 1. The average Bonchev–Trinajstić information content (AvgIpc) is 2.99. The van der Waals surface area contributed by atoms with E-state index in [0.29, 0.717) is 6.42 Å². The maximum absolute atomic E-state index is 12.4. The zero-order chi connectivity index (χ0) is 14.9. The second-order valence-corrected chi connectivity index (χ2v) is 5.47. The number of hydrogen-bond acceptors (Lipinski definition) is 2. The van der Waals surface area contributed by atoms with Crippen LogP contribution in [0.15, 0.2) is 66.7 Å². The van der Waals surface area contributed by atoms with Crippen LogP contribution in [0.4, 0.5) is 5.69 Å². The molecule has 1 amide bonds. The molecule has 1 atom stereocenters. The van der Waals surface area contributed by atoms with Crippen molar-refractivity contribution in [3.8, 4) is 5.75 Å². The van der Waals surface area contributed by atoms with Crippen LogP contribution in [0.3, 0.4) is 0 Å². The smallest absolute Gasteiger partial charge is 0.265 e. The van der Waals surface area contributed by atoms with Gasteiger partial charge in [-0.25, -0.2) is 0 Å². The maximum atomic E-state index is 12.4. The van der Waals surface area contributed by atoms with E-state index in [1.165, 1.54) is 0 Å². The third-order valence-electron chi connectivity index (χ3n) is 3.96. The predicted octanol–water partition coefficient (Wildman–Crippen LogP) is 3.78. The number of nitrogens with one attached hydrogen (secondary N) is 1. The Bertz CT molecular complexity index is 832. The average molecular weight is 289 g/mol. The van der Waals surface area contributed by atoms with E-state index in [2.05, 4.69) is 11.4 Å². The van der Waals surface area contributed by atoms with Gasteiger partial charge in [0, 0.05) is 12.1 Å². The lowest BCUT2D eigenvalue weighted by Gasteiger charge is -2.12. The first-order chi connectivity index (χ1) is 10.8. The number of para-hydroxylation sites is 1. The minimum Gasteiger partial charge on any atom is -0.480 e. The Morgan fingerprint density at radius 2 is 1.73 bits per heavy atom. The topological polar surface area (TPSA) is 38.3 Å². The van der Waals surface area contributed by atoms with E-state index in [0.717, 1.165) is 27.8 Å². The van der Waals surface area contributed by atoms with Gasteiger partial charge in [0.15, 0.2) is 6.10 Å². The molecule has 0 saturated carbocycles. The van der Waals surface area contributed by atoms with Crippen LogP contribution in [0.2, 0.25) is 0 Å². The molecule has 4 rings (SSSR count). The molecular formula is C19H15NO2. The monoisotopic (exact) mass is 289 g/mol. The Labute approximate surface area is 128 Å². The number of benzene rings is 3. The van der Waals surface area contributed by atoms with Crippen LogP contribution in [0.1, 0.15) is 5.56 Å². The van der Waals surface area contributed by atoms with E-state index in [1.54, 1.807) is 0 Å². The summed E-state index contributed by atoms with van der Waals surface area (Å²) in [5, 5.41) is 5.21. The first-order valence-corrected chi connectivity index (χ1v) is 7.34. The van der Waals surface area contributed by atoms with E-state index < -0.39 is 6.10 Å². The molecular weight excluding hydrogens is 274 g/mol. The van der Waals surface area contributed by atoms with Gasteiger partial charge in [0.25, 0.3) is 5.91 Å². The Kier molecular flexibility index (Phi) is 3.04. The lowest BCUT2D eigenvalue weighted by molar-refractivity contribution is -0.122. The predicted molar refractivity (Wildman–Crippen MR) is 87.1 cm³/mol. The Balaban J connectivity index is 1.52. The van der Waals surface area contributed by atoms with Gasteiger partial charge in [0.2, 0.25) is 0 Å². The number of rotatable bonds is 2. The SMILES string of the molecule is O=C(Nc1ccc2ccccc2c1)[C@H]1Cc2ccccc2O1. The normalized spacial score (nSPS) is 16.1. The molecule has 1 heterocycles. The van der Waals surface area contributed by atoms with E-state index in [9.17, 15) is 4.79 Å². The van der Waals surface area contributed by atoms with Gasteiger partial charge >= 0.3 is 0 Å². The second kappa shape index (κ2) is 5.19. The van der Waals surface area contributed by atoms with Gasteiger partial charge < -0.3 is 10.1 Å². The summed E-state index contributed by atoms with van der Waals surface area (Å²) in [6.45, 7) is 0. The molecule has 0 saturated heterocycles. The maximum Gasteiger partial charge on any atom is 0.265 e. The highest BCUT2D eigenvalue weighted by Crippen LogP contribution is 2.29. The molecule has 3 nitrogen and oxygen atoms in total. The van der Waals surface area contributed by atoms with Crippen LogP contribution < -0.4 is 10.1 Å². The van der Waals surface area contributed by atoms with Crippen LogP contribution in [-0.4, -0.2) is 12.0 Å². The Morgan fingerprint density at radius 3 is 2.59 bits per heavy atom. The van der Waals surface area contributed by atoms with Gasteiger partial charge in [-0.15, -0.1) is 0 Å². The van der Waals surface area contributed by atoms with Crippen molar-refractivity contribution in [3.63, 3.8) is 0 Å². The summed E-state index contributed by atoms with van der Waals surface area (Å²) >= 11 is 0. The van der Waals surface area contributed by atoms with Crippen LogP contribution in [0.5, 0.6) is 5.75 Å². The van der Waals surface area contributed by atoms with Gasteiger partial charge in [-0.3, -0.25) is 4.79 Å². The van der Waals surface area contributed by atoms with Crippen molar-refractivity contribution in [3.05, 3.63) is 72.3 Å². The third kappa shape index (κ3) is 2.31. The minimum absolute atomic E-state index is 0.105. The van der Waals surface area contributed by atoms with Gasteiger partial charge in [0.1, 0.15) is 5.75 Å². The van der Waals surface area contributed by atoms with Crippen molar-refractivity contribution < 1.29 is 9.53 Å². The molecule has 1 N–H and O–H groups in total. The van der Waals surface area contributed by atoms with Crippen molar-refractivity contribution in [2.45, 2.75) is 12.5 Å². The first kappa shape index (κ1) is 12.9. The highest BCUT2D eigenvalue weighted by molar-refractivity contribution is 5.97. The van der Waals surface area contributed by atoms with Crippen molar-refractivity contribution >= 4 is 22.4 Å². The summed E-state index contributed by atoms with van der Waals surface area (Å²) in [6, 6.07) is 21.8. The zero-order valence-corrected chi connectivity index (χ0v) is 12.0. The zero-order valence-electron chi connectivity index (χ0n) is 12.0. The summed E-state index contributed by atoms with van der Waals surface area (Å²) in [5.74, 6) is 0.702. The van der Waals surface area contributed by atoms with Crippen molar-refractivity contribution in [2.24, 2.45) is 0 Å². The lowest BCUT2D eigenvalue weighted by atomic mass is 10.1. The van der Waals surface area contributed by atoms with E-state index >= 15 is 0 Å². The van der Waals surface area contributed by atoms with Crippen molar-refractivity contribution in [1.82, 2.24) is 0 Å². The van der Waals surface area contributed by atoms with E-state index in [-0.39, 0.29) is 5.91 Å². The highest BCUT2D eigenvalue weighted by Gasteiger charge is 2.28. The molecule has 0 aliphatic carbocycles. The molecule has 0 fully saturated rings. The fourth-order valence-electron chi connectivity index (χ4n) is 2.82. The number of carbonyl (C=O) groups excluding carboxylic acids is 1. The number of fused-ring (bicyclic) bond motifs is 2. The van der Waals surface area contributed by atoms with Crippen molar-refractivity contribution in [2.75, 3.05) is 5.32 Å². The molecule has 108 valence electrons. The molecule has 1 aliphatic heterocycles. The van der Waals surface area contributed by atoms with Crippen LogP contribution in [0, 0.1) is 0 Å². The van der Waals surface area contributed by atoms with Gasteiger partial charge in [-0.2, -0.15) is 0 Å². The Morgan fingerprint density at radius 1 is 0.955 bits per heavy atom. The van der Waals surface area contributed by atoms with Gasteiger partial charge in [-0.1, -0.05) is 48.5 Å². The van der Waals surface area contributed by atoms with Crippen LogP contribution in [0.25, 0.3) is 10.8 Å². The summed E-state index contributed by atoms with van der Waals surface area (Å²) in [7, 11) is 0. The molecule has 1 aliphatic rings. The quantitative estimate of drug-likeness (QED) is 0.779. The number of ether oxygens (including phenoxy) is 1.